The van der Waals surface area contributed by atoms with Crippen molar-refractivity contribution in [2.75, 3.05) is 12.4 Å². The smallest absolute Gasteiger partial charge is 0.256 e. The minimum absolute atomic E-state index is 0.0513. The summed E-state index contributed by atoms with van der Waals surface area (Å²) >= 11 is 0. The Morgan fingerprint density at radius 1 is 0.967 bits per heavy atom. The Morgan fingerprint density at radius 2 is 1.70 bits per heavy atom. The molecule has 0 saturated carbocycles. The number of anilines is 1. The molecule has 3 aromatic rings. The van der Waals surface area contributed by atoms with E-state index in [1.165, 1.54) is 11.1 Å². The van der Waals surface area contributed by atoms with Crippen LogP contribution in [0, 0.1) is 5.92 Å². The molecule has 0 radical (unpaired) electrons. The van der Waals surface area contributed by atoms with Gasteiger partial charge in [-0.2, -0.15) is 0 Å². The number of para-hydroxylation sites is 1. The van der Waals surface area contributed by atoms with E-state index in [1.54, 1.807) is 4.90 Å². The molecule has 0 saturated heterocycles. The molecule has 0 fully saturated rings. The van der Waals surface area contributed by atoms with Gasteiger partial charge in [0.15, 0.2) is 0 Å². The van der Waals surface area contributed by atoms with Gasteiger partial charge in [0, 0.05) is 19.5 Å². The van der Waals surface area contributed by atoms with Crippen molar-refractivity contribution in [2.24, 2.45) is 5.92 Å². The number of amides is 1. The molecule has 3 nitrogen and oxygen atoms in total. The lowest BCUT2D eigenvalue weighted by molar-refractivity contribution is 0.0785. The molecule has 1 N–H and O–H groups in total. The summed E-state index contributed by atoms with van der Waals surface area (Å²) in [7, 11) is 1.88. The predicted octanol–water partition coefficient (Wildman–Crippen LogP) is 5.79. The number of hydrogen-bond donors (Lipinski definition) is 1. The number of allylic oxidation sites excluding steroid dienone is 2. The van der Waals surface area contributed by atoms with Gasteiger partial charge in [0.05, 0.1) is 17.3 Å². The third kappa shape index (κ3) is 3.30. The molecule has 30 heavy (non-hydrogen) atoms. The van der Waals surface area contributed by atoms with Crippen molar-refractivity contribution in [1.29, 1.82) is 0 Å². The van der Waals surface area contributed by atoms with Gasteiger partial charge in [-0.15, -0.1) is 0 Å². The van der Waals surface area contributed by atoms with Crippen LogP contribution in [0.25, 0.3) is 0 Å². The van der Waals surface area contributed by atoms with Crippen molar-refractivity contribution in [3.63, 3.8) is 0 Å². The molecule has 0 bridgehead atoms. The molecule has 1 heterocycles. The summed E-state index contributed by atoms with van der Waals surface area (Å²) in [6.45, 7) is 0.595. The molecule has 0 aromatic heterocycles. The van der Waals surface area contributed by atoms with Crippen LogP contribution >= 0.6 is 0 Å². The van der Waals surface area contributed by atoms with E-state index in [-0.39, 0.29) is 11.9 Å². The molecule has 1 aliphatic carbocycles. The molecule has 2 aliphatic rings. The van der Waals surface area contributed by atoms with Crippen LogP contribution in [0.2, 0.25) is 0 Å². The Balaban J connectivity index is 1.50. The molecular formula is C27H26N2O. The largest absolute Gasteiger partial charge is 0.377 e. The quantitative estimate of drug-likeness (QED) is 0.569. The summed E-state index contributed by atoms with van der Waals surface area (Å²) in [5.41, 5.74) is 5.39. The Labute approximate surface area is 178 Å². The standard InChI is InChI=1S/C27H26N2O/c1-29(18-19-10-4-2-5-11-19)27(30)24-17-9-16-23-21-14-8-15-22(21)25(28-26(23)24)20-12-6-3-7-13-20/h2-14,16-17,21-22,25,28H,15,18H2,1H3. The highest BCUT2D eigenvalue weighted by molar-refractivity contribution is 6.00. The SMILES string of the molecule is CN(Cc1ccccc1)C(=O)c1cccc2c1NC(c1ccccc1)C1CC=CC21. The van der Waals surface area contributed by atoms with Crippen LogP contribution < -0.4 is 5.32 Å². The van der Waals surface area contributed by atoms with Crippen molar-refractivity contribution in [3.8, 4) is 0 Å². The summed E-state index contributed by atoms with van der Waals surface area (Å²) in [5, 5.41) is 3.77. The first kappa shape index (κ1) is 18.7. The lowest BCUT2D eigenvalue weighted by atomic mass is 9.76. The molecular weight excluding hydrogens is 368 g/mol. The highest BCUT2D eigenvalue weighted by atomic mass is 16.2. The maximum atomic E-state index is 13.4. The Hall–Kier alpha value is -3.33. The number of benzene rings is 3. The van der Waals surface area contributed by atoms with Gasteiger partial charge in [0.1, 0.15) is 0 Å². The van der Waals surface area contributed by atoms with Gasteiger partial charge in [0.2, 0.25) is 0 Å². The van der Waals surface area contributed by atoms with E-state index in [0.29, 0.717) is 18.4 Å². The highest BCUT2D eigenvalue weighted by Gasteiger charge is 2.39. The lowest BCUT2D eigenvalue weighted by Gasteiger charge is -2.38. The van der Waals surface area contributed by atoms with Crippen molar-refractivity contribution >= 4 is 11.6 Å². The van der Waals surface area contributed by atoms with Crippen LogP contribution in [0.3, 0.4) is 0 Å². The zero-order chi connectivity index (χ0) is 20.5. The van der Waals surface area contributed by atoms with E-state index in [2.05, 4.69) is 66.0 Å². The predicted molar refractivity (Wildman–Crippen MR) is 121 cm³/mol. The van der Waals surface area contributed by atoms with Gasteiger partial charge >= 0.3 is 0 Å². The molecule has 3 heteroatoms. The van der Waals surface area contributed by atoms with Gasteiger partial charge in [-0.25, -0.2) is 0 Å². The molecule has 1 aliphatic heterocycles. The van der Waals surface area contributed by atoms with Gasteiger partial charge in [0.25, 0.3) is 5.91 Å². The molecule has 0 spiro atoms. The molecule has 150 valence electrons. The van der Waals surface area contributed by atoms with Crippen molar-refractivity contribution in [1.82, 2.24) is 4.90 Å². The molecule has 3 unspecified atom stereocenters. The average molecular weight is 395 g/mol. The fraction of sp³-hybridized carbons (Fsp3) is 0.222. The maximum Gasteiger partial charge on any atom is 0.256 e. The van der Waals surface area contributed by atoms with Crippen LogP contribution in [0.15, 0.2) is 91.0 Å². The molecule has 5 rings (SSSR count). The first-order valence-corrected chi connectivity index (χ1v) is 10.6. The van der Waals surface area contributed by atoms with Gasteiger partial charge in [-0.3, -0.25) is 4.79 Å². The van der Waals surface area contributed by atoms with Crippen molar-refractivity contribution < 1.29 is 4.79 Å². The minimum atomic E-state index is 0.0513. The first-order valence-electron chi connectivity index (χ1n) is 10.6. The topological polar surface area (TPSA) is 32.3 Å². The fourth-order valence-electron chi connectivity index (χ4n) is 4.92. The van der Waals surface area contributed by atoms with Crippen LogP contribution in [0.5, 0.6) is 0 Å². The number of carbonyl (C=O) groups is 1. The van der Waals surface area contributed by atoms with E-state index >= 15 is 0 Å². The molecule has 3 aromatic carbocycles. The van der Waals surface area contributed by atoms with E-state index in [9.17, 15) is 4.79 Å². The van der Waals surface area contributed by atoms with E-state index in [4.69, 9.17) is 0 Å². The summed E-state index contributed by atoms with van der Waals surface area (Å²) < 4.78 is 0. The van der Waals surface area contributed by atoms with E-state index in [1.807, 2.05) is 37.4 Å². The van der Waals surface area contributed by atoms with Crippen LogP contribution in [-0.2, 0) is 6.54 Å². The summed E-state index contributed by atoms with van der Waals surface area (Å²) in [5.74, 6) is 0.876. The third-order valence-electron chi connectivity index (χ3n) is 6.40. The number of nitrogens with zero attached hydrogens (tertiary/aromatic N) is 1. The maximum absolute atomic E-state index is 13.4. The number of nitrogens with one attached hydrogen (secondary N) is 1. The summed E-state index contributed by atoms with van der Waals surface area (Å²) in [4.78, 5) is 15.2. The van der Waals surface area contributed by atoms with Crippen LogP contribution in [0.1, 0.15) is 45.4 Å². The highest BCUT2D eigenvalue weighted by Crippen LogP contribution is 2.50. The Kier molecular flexibility index (Phi) is 4.88. The van der Waals surface area contributed by atoms with Crippen molar-refractivity contribution in [3.05, 3.63) is 113 Å². The number of carbonyl (C=O) groups excluding carboxylic acids is 1. The second-order valence-corrected chi connectivity index (χ2v) is 8.30. The average Bonchev–Trinajstić information content (AvgIpc) is 3.29. The van der Waals surface area contributed by atoms with Gasteiger partial charge in [-0.1, -0.05) is 84.9 Å². The second-order valence-electron chi connectivity index (χ2n) is 8.30. The van der Waals surface area contributed by atoms with E-state index < -0.39 is 0 Å². The summed E-state index contributed by atoms with van der Waals surface area (Å²) in [6.07, 6.45) is 5.67. The Bertz CT molecular complexity index is 1070. The number of rotatable bonds is 4. The molecule has 1 amide bonds. The monoisotopic (exact) mass is 394 g/mol. The summed E-state index contributed by atoms with van der Waals surface area (Å²) in [6, 6.07) is 27.1. The zero-order valence-corrected chi connectivity index (χ0v) is 17.2. The van der Waals surface area contributed by atoms with Gasteiger partial charge < -0.3 is 10.2 Å². The van der Waals surface area contributed by atoms with Crippen LogP contribution in [-0.4, -0.2) is 17.9 Å². The molecule has 3 atom stereocenters. The van der Waals surface area contributed by atoms with E-state index in [0.717, 1.165) is 23.2 Å². The van der Waals surface area contributed by atoms with Crippen molar-refractivity contribution in [2.45, 2.75) is 24.9 Å². The third-order valence-corrected chi connectivity index (χ3v) is 6.40. The number of hydrogen-bond acceptors (Lipinski definition) is 2. The lowest BCUT2D eigenvalue weighted by Crippen LogP contribution is -2.32. The first-order chi connectivity index (χ1) is 14.7. The minimum Gasteiger partial charge on any atom is -0.377 e. The normalized spacial score (nSPS) is 21.4. The zero-order valence-electron chi connectivity index (χ0n) is 17.2. The number of fused-ring (bicyclic) bond motifs is 3. The van der Waals surface area contributed by atoms with Gasteiger partial charge in [-0.05, 0) is 35.1 Å². The van der Waals surface area contributed by atoms with Crippen LogP contribution in [0.4, 0.5) is 5.69 Å². The fourth-order valence-corrected chi connectivity index (χ4v) is 4.92. The second kappa shape index (κ2) is 7.83. The Morgan fingerprint density at radius 3 is 2.47 bits per heavy atom.